The van der Waals surface area contributed by atoms with E-state index in [9.17, 15) is 24.3 Å². The third-order valence-corrected chi connectivity index (χ3v) is 10.7. The number of aryl methyl sites for hydroxylation is 2. The van der Waals surface area contributed by atoms with Crippen LogP contribution in [0.5, 0.6) is 5.75 Å². The van der Waals surface area contributed by atoms with Crippen LogP contribution in [0.4, 0.5) is 0 Å². The second kappa shape index (κ2) is 16.3. The van der Waals surface area contributed by atoms with Crippen molar-refractivity contribution in [1.29, 1.82) is 0 Å². The fraction of sp³-hybridized carbons (Fsp3) is 0.450. The van der Waals surface area contributed by atoms with Gasteiger partial charge in [-0.25, -0.2) is 0 Å². The van der Waals surface area contributed by atoms with Gasteiger partial charge in [0.25, 0.3) is 0 Å². The number of carbonyl (C=O) groups excluding carboxylic acids is 4. The highest BCUT2D eigenvalue weighted by molar-refractivity contribution is 5.95. The van der Waals surface area contributed by atoms with Crippen molar-refractivity contribution < 1.29 is 24.3 Å². The Morgan fingerprint density at radius 1 is 0.880 bits per heavy atom. The molecule has 4 amide bonds. The highest BCUT2D eigenvalue weighted by Gasteiger charge is 2.40. The smallest absolute Gasteiger partial charge is 0.243 e. The number of phenolic OH excluding ortho intramolecular Hbond substituents is 1. The van der Waals surface area contributed by atoms with E-state index in [-0.39, 0.29) is 49.3 Å². The molecule has 0 unspecified atom stereocenters. The zero-order valence-electron chi connectivity index (χ0n) is 29.4. The van der Waals surface area contributed by atoms with Gasteiger partial charge in [-0.05, 0) is 77.6 Å². The number of hydrogen-bond acceptors (Lipinski definition) is 6. The average molecular weight is 682 g/mol. The van der Waals surface area contributed by atoms with Crippen LogP contribution >= 0.6 is 0 Å². The zero-order chi connectivity index (χ0) is 35.9. The van der Waals surface area contributed by atoms with Gasteiger partial charge >= 0.3 is 0 Å². The van der Waals surface area contributed by atoms with Crippen molar-refractivity contribution in [3.05, 3.63) is 100 Å². The number of nitrogens with zero attached hydrogens (tertiary/aromatic N) is 1. The number of amides is 4. The maximum Gasteiger partial charge on any atom is 0.243 e. The topological polar surface area (TPSA) is 168 Å². The van der Waals surface area contributed by atoms with E-state index in [2.05, 4.69) is 10.6 Å². The minimum absolute atomic E-state index is 0.149. The Kier molecular flexibility index (Phi) is 12.0. The Bertz CT molecular complexity index is 1670. The number of primary amides is 1. The zero-order valence-corrected chi connectivity index (χ0v) is 29.4. The number of phenols is 1. The van der Waals surface area contributed by atoms with E-state index in [1.807, 2.05) is 75.4 Å². The highest BCUT2D eigenvalue weighted by atomic mass is 16.3. The minimum Gasteiger partial charge on any atom is -0.508 e. The van der Waals surface area contributed by atoms with Crippen LogP contribution in [0, 0.1) is 25.7 Å². The van der Waals surface area contributed by atoms with Crippen LogP contribution in [-0.4, -0.2) is 57.8 Å². The summed E-state index contributed by atoms with van der Waals surface area (Å²) in [6.07, 6.45) is 5.84. The summed E-state index contributed by atoms with van der Waals surface area (Å²) >= 11 is 0. The summed E-state index contributed by atoms with van der Waals surface area (Å²) in [4.78, 5) is 56.8. The normalized spacial score (nSPS) is 18.6. The molecule has 1 heterocycles. The molecule has 1 saturated carbocycles. The van der Waals surface area contributed by atoms with Crippen molar-refractivity contribution in [2.75, 3.05) is 0 Å². The third kappa shape index (κ3) is 8.71. The Balaban J connectivity index is 1.41. The standard InChI is InChI=1S/C40H51N5O5/c1-24-18-31(46)19-25(2)32(24)22-33(41)40(50)45-23-30-17-11-10-16-29(30)21-35(45)38(48)44-36(26(3)28-14-8-5-9-15-28)39(49)43-34(37(42)47)20-27-12-6-4-7-13-27/h4,6-7,10-13,16-19,26,28,33-36,46H,5,8-9,14-15,20-23,41H2,1-3H3,(H2,42,47)(H,43,49)(H,44,48)/t26-,33+,34+,35+,36-/m1/s1. The van der Waals surface area contributed by atoms with Crippen molar-refractivity contribution in [2.24, 2.45) is 23.3 Å². The van der Waals surface area contributed by atoms with Crippen LogP contribution < -0.4 is 22.1 Å². The number of fused-ring (bicyclic) bond motifs is 1. The van der Waals surface area contributed by atoms with Gasteiger partial charge in [0.15, 0.2) is 0 Å². The van der Waals surface area contributed by atoms with E-state index in [0.717, 1.165) is 65.5 Å². The first-order valence-corrected chi connectivity index (χ1v) is 17.8. The largest absolute Gasteiger partial charge is 0.508 e. The van der Waals surface area contributed by atoms with E-state index < -0.39 is 41.9 Å². The number of nitrogens with two attached hydrogens (primary N) is 2. The second-order valence-electron chi connectivity index (χ2n) is 14.2. The molecule has 5 rings (SSSR count). The van der Waals surface area contributed by atoms with Gasteiger partial charge in [0.1, 0.15) is 23.9 Å². The lowest BCUT2D eigenvalue weighted by molar-refractivity contribution is -0.144. The van der Waals surface area contributed by atoms with Crippen molar-refractivity contribution in [2.45, 2.75) is 103 Å². The molecule has 1 aliphatic heterocycles. The molecule has 0 spiro atoms. The van der Waals surface area contributed by atoms with Crippen LogP contribution in [-0.2, 0) is 45.0 Å². The van der Waals surface area contributed by atoms with Gasteiger partial charge in [-0.3, -0.25) is 19.2 Å². The highest BCUT2D eigenvalue weighted by Crippen LogP contribution is 2.32. The van der Waals surface area contributed by atoms with Crippen LogP contribution in [0.2, 0.25) is 0 Å². The second-order valence-corrected chi connectivity index (χ2v) is 14.2. The maximum absolute atomic E-state index is 14.4. The SMILES string of the molecule is Cc1cc(O)cc(C)c1C[C@H](N)C(=O)N1Cc2ccccc2C[C@H]1C(=O)N[C@@H](C(=O)N[C@@H](Cc1ccccc1)C(N)=O)[C@H](C)C1CCCCC1. The lowest BCUT2D eigenvalue weighted by Gasteiger charge is -2.39. The van der Waals surface area contributed by atoms with Crippen LogP contribution in [0.25, 0.3) is 0 Å². The minimum atomic E-state index is -0.965. The monoisotopic (exact) mass is 681 g/mol. The van der Waals surface area contributed by atoms with E-state index in [1.165, 1.54) is 4.90 Å². The van der Waals surface area contributed by atoms with E-state index >= 15 is 0 Å². The molecule has 0 saturated heterocycles. The summed E-state index contributed by atoms with van der Waals surface area (Å²) in [5.41, 5.74) is 17.6. The van der Waals surface area contributed by atoms with Crippen molar-refractivity contribution in [3.8, 4) is 5.75 Å². The Morgan fingerprint density at radius 3 is 2.14 bits per heavy atom. The Morgan fingerprint density at radius 2 is 1.50 bits per heavy atom. The molecule has 1 aliphatic carbocycles. The van der Waals surface area contributed by atoms with Gasteiger partial charge in [-0.2, -0.15) is 0 Å². The first-order valence-electron chi connectivity index (χ1n) is 17.8. The molecule has 50 heavy (non-hydrogen) atoms. The molecular weight excluding hydrogens is 630 g/mol. The third-order valence-electron chi connectivity index (χ3n) is 10.7. The molecule has 7 N–H and O–H groups in total. The van der Waals surface area contributed by atoms with E-state index in [0.29, 0.717) is 0 Å². The summed E-state index contributed by atoms with van der Waals surface area (Å²) in [5, 5.41) is 15.9. The summed E-state index contributed by atoms with van der Waals surface area (Å²) in [7, 11) is 0. The molecule has 2 aliphatic rings. The van der Waals surface area contributed by atoms with Crippen molar-refractivity contribution in [1.82, 2.24) is 15.5 Å². The molecule has 1 fully saturated rings. The molecule has 3 aromatic rings. The predicted molar refractivity (Wildman–Crippen MR) is 193 cm³/mol. The number of carbonyl (C=O) groups is 4. The summed E-state index contributed by atoms with van der Waals surface area (Å²) < 4.78 is 0. The number of hydrogen-bond donors (Lipinski definition) is 5. The lowest BCUT2D eigenvalue weighted by atomic mass is 9.77. The molecule has 0 bridgehead atoms. The first-order chi connectivity index (χ1) is 23.9. The predicted octanol–water partition coefficient (Wildman–Crippen LogP) is 3.75. The fourth-order valence-corrected chi connectivity index (χ4v) is 7.75. The van der Waals surface area contributed by atoms with Gasteiger partial charge in [-0.15, -0.1) is 0 Å². The first kappa shape index (κ1) is 36.6. The maximum atomic E-state index is 14.4. The Hall–Kier alpha value is -4.70. The number of aromatic hydroxyl groups is 1. The summed E-state index contributed by atoms with van der Waals surface area (Å²) in [6, 6.07) is 16.6. The van der Waals surface area contributed by atoms with Crippen molar-refractivity contribution >= 4 is 23.6 Å². The van der Waals surface area contributed by atoms with Gasteiger partial charge in [0.2, 0.25) is 23.6 Å². The van der Waals surface area contributed by atoms with Gasteiger partial charge in [0, 0.05) is 19.4 Å². The summed E-state index contributed by atoms with van der Waals surface area (Å²) in [5.74, 6) is -1.82. The molecule has 10 heteroatoms. The van der Waals surface area contributed by atoms with Crippen LogP contribution in [0.1, 0.15) is 72.4 Å². The molecule has 10 nitrogen and oxygen atoms in total. The van der Waals surface area contributed by atoms with E-state index in [1.54, 1.807) is 12.1 Å². The van der Waals surface area contributed by atoms with Gasteiger partial charge in [0.05, 0.1) is 6.04 Å². The molecule has 0 aromatic heterocycles. The molecular formula is C40H51N5O5. The van der Waals surface area contributed by atoms with Gasteiger partial charge < -0.3 is 32.1 Å². The molecule has 0 radical (unpaired) electrons. The number of nitrogens with one attached hydrogen (secondary N) is 2. The molecule has 3 aromatic carbocycles. The summed E-state index contributed by atoms with van der Waals surface area (Å²) in [6.45, 7) is 5.92. The molecule has 266 valence electrons. The Labute approximate surface area is 295 Å². The molecule has 5 atom stereocenters. The fourth-order valence-electron chi connectivity index (χ4n) is 7.75. The lowest BCUT2D eigenvalue weighted by Crippen LogP contribution is -2.61. The van der Waals surface area contributed by atoms with Crippen molar-refractivity contribution in [3.63, 3.8) is 0 Å². The quantitative estimate of drug-likeness (QED) is 0.195. The van der Waals surface area contributed by atoms with E-state index in [4.69, 9.17) is 11.5 Å². The number of benzene rings is 3. The average Bonchev–Trinajstić information content (AvgIpc) is 3.11. The van der Waals surface area contributed by atoms with Gasteiger partial charge in [-0.1, -0.05) is 93.6 Å². The van der Waals surface area contributed by atoms with Crippen LogP contribution in [0.3, 0.4) is 0 Å². The van der Waals surface area contributed by atoms with Crippen LogP contribution in [0.15, 0.2) is 66.7 Å². The number of rotatable bonds is 12.